The predicted octanol–water partition coefficient (Wildman–Crippen LogP) is 5.37. The lowest BCUT2D eigenvalue weighted by Gasteiger charge is -2.36. The lowest BCUT2D eigenvalue weighted by Crippen LogP contribution is -2.44. The van der Waals surface area contributed by atoms with Crippen LogP contribution in [0.5, 0.6) is 0 Å². The number of hydrogen-bond donors (Lipinski definition) is 1. The van der Waals surface area contributed by atoms with E-state index >= 15 is 0 Å². The van der Waals surface area contributed by atoms with Gasteiger partial charge in [-0.1, -0.05) is 28.1 Å². The highest BCUT2D eigenvalue weighted by Crippen LogP contribution is 2.37. The normalized spacial score (nSPS) is 16.0. The summed E-state index contributed by atoms with van der Waals surface area (Å²) in [5.74, 6) is 0.0436. The molecule has 0 saturated carbocycles. The summed E-state index contributed by atoms with van der Waals surface area (Å²) in [4.78, 5) is 15.7. The molecule has 4 nitrogen and oxygen atoms in total. The Labute approximate surface area is 176 Å². The molecule has 1 aliphatic heterocycles. The number of rotatable bonds is 6. The number of amides is 1. The van der Waals surface area contributed by atoms with Crippen LogP contribution in [0.4, 0.5) is 11.4 Å². The van der Waals surface area contributed by atoms with Crippen molar-refractivity contribution >= 4 is 33.2 Å². The molecule has 0 atom stereocenters. The number of nitrogens with zero attached hydrogens (tertiary/aromatic N) is 1. The van der Waals surface area contributed by atoms with Crippen molar-refractivity contribution in [1.29, 1.82) is 0 Å². The summed E-state index contributed by atoms with van der Waals surface area (Å²) in [6, 6.07) is 16.7. The first kappa shape index (κ1) is 20.9. The summed E-state index contributed by atoms with van der Waals surface area (Å²) in [5.41, 5.74) is 2.50. The van der Waals surface area contributed by atoms with E-state index in [0.29, 0.717) is 32.1 Å². The molecule has 2 aromatic rings. The van der Waals surface area contributed by atoms with Gasteiger partial charge in [-0.15, -0.1) is 0 Å². The Hall–Kier alpha value is -1.85. The van der Waals surface area contributed by atoms with E-state index in [1.165, 1.54) is 5.69 Å². The standard InChI is InChI=1S/C23H29BrN2O2/c1-4-26(17(2)3)21-11-9-20(10-12-21)25-22(27)23(13-15-28-16-14-23)18-5-7-19(24)8-6-18/h5-12,17H,4,13-16H2,1-3H3,(H,25,27). The minimum absolute atomic E-state index is 0.0436. The highest BCUT2D eigenvalue weighted by Gasteiger charge is 2.41. The second-order valence-electron chi connectivity index (χ2n) is 7.58. The van der Waals surface area contributed by atoms with Gasteiger partial charge in [0.25, 0.3) is 0 Å². The Morgan fingerprint density at radius 3 is 2.25 bits per heavy atom. The molecule has 150 valence electrons. The van der Waals surface area contributed by atoms with Crippen molar-refractivity contribution in [1.82, 2.24) is 0 Å². The third-order valence-electron chi connectivity index (χ3n) is 5.60. The van der Waals surface area contributed by atoms with Gasteiger partial charge in [-0.2, -0.15) is 0 Å². The van der Waals surface area contributed by atoms with Gasteiger partial charge in [-0.3, -0.25) is 4.79 Å². The van der Waals surface area contributed by atoms with Gasteiger partial charge in [0, 0.05) is 41.6 Å². The van der Waals surface area contributed by atoms with Crippen molar-refractivity contribution in [3.8, 4) is 0 Å². The van der Waals surface area contributed by atoms with E-state index in [2.05, 4.69) is 59.1 Å². The maximum absolute atomic E-state index is 13.4. The Morgan fingerprint density at radius 1 is 1.11 bits per heavy atom. The summed E-state index contributed by atoms with van der Waals surface area (Å²) in [6.07, 6.45) is 1.38. The first-order valence-corrected chi connectivity index (χ1v) is 10.8. The van der Waals surface area contributed by atoms with Gasteiger partial charge in [0.2, 0.25) is 5.91 Å². The molecule has 5 heteroatoms. The first-order chi connectivity index (χ1) is 13.5. The molecule has 0 radical (unpaired) electrons. The van der Waals surface area contributed by atoms with Crippen LogP contribution in [-0.2, 0) is 14.9 Å². The molecule has 2 aromatic carbocycles. The Balaban J connectivity index is 1.81. The molecule has 0 aliphatic carbocycles. The third-order valence-corrected chi connectivity index (χ3v) is 6.13. The quantitative estimate of drug-likeness (QED) is 0.650. The van der Waals surface area contributed by atoms with E-state index in [1.807, 2.05) is 36.4 Å². The number of halogens is 1. The zero-order chi connectivity index (χ0) is 20.1. The second-order valence-corrected chi connectivity index (χ2v) is 8.50. The summed E-state index contributed by atoms with van der Waals surface area (Å²) >= 11 is 3.48. The summed E-state index contributed by atoms with van der Waals surface area (Å²) in [7, 11) is 0. The fourth-order valence-corrected chi connectivity index (χ4v) is 4.23. The topological polar surface area (TPSA) is 41.6 Å². The fourth-order valence-electron chi connectivity index (χ4n) is 3.97. The zero-order valence-corrected chi connectivity index (χ0v) is 18.5. The molecule has 28 heavy (non-hydrogen) atoms. The molecule has 0 aromatic heterocycles. The highest BCUT2D eigenvalue weighted by molar-refractivity contribution is 9.10. The molecule has 1 fully saturated rings. The predicted molar refractivity (Wildman–Crippen MR) is 119 cm³/mol. The van der Waals surface area contributed by atoms with Crippen LogP contribution in [0.3, 0.4) is 0 Å². The van der Waals surface area contributed by atoms with Crippen molar-refractivity contribution in [2.24, 2.45) is 0 Å². The third kappa shape index (κ3) is 4.41. The summed E-state index contributed by atoms with van der Waals surface area (Å²) in [6.45, 7) is 8.68. The van der Waals surface area contributed by atoms with Crippen molar-refractivity contribution < 1.29 is 9.53 Å². The van der Waals surface area contributed by atoms with E-state index in [9.17, 15) is 4.79 Å². The smallest absolute Gasteiger partial charge is 0.235 e. The van der Waals surface area contributed by atoms with E-state index in [4.69, 9.17) is 4.74 Å². The van der Waals surface area contributed by atoms with Gasteiger partial charge in [0.1, 0.15) is 0 Å². The van der Waals surface area contributed by atoms with Crippen LogP contribution in [0.25, 0.3) is 0 Å². The lowest BCUT2D eigenvalue weighted by atomic mass is 9.73. The minimum Gasteiger partial charge on any atom is -0.381 e. The molecule has 1 amide bonds. The number of hydrogen-bond acceptors (Lipinski definition) is 3. The first-order valence-electron chi connectivity index (χ1n) is 9.98. The maximum atomic E-state index is 13.4. The summed E-state index contributed by atoms with van der Waals surface area (Å²) < 4.78 is 6.57. The van der Waals surface area contributed by atoms with Crippen LogP contribution in [-0.4, -0.2) is 31.7 Å². The number of carbonyl (C=O) groups excluding carboxylic acids is 1. The van der Waals surface area contributed by atoms with Crippen molar-refractivity contribution in [2.75, 3.05) is 30.0 Å². The number of anilines is 2. The van der Waals surface area contributed by atoms with Crippen molar-refractivity contribution in [2.45, 2.75) is 45.1 Å². The molecule has 0 unspecified atom stereocenters. The van der Waals surface area contributed by atoms with E-state index in [0.717, 1.165) is 22.3 Å². The lowest BCUT2D eigenvalue weighted by molar-refractivity contribution is -0.125. The molecule has 0 bridgehead atoms. The molecule has 0 spiro atoms. The molecule has 1 saturated heterocycles. The largest absolute Gasteiger partial charge is 0.381 e. The molecule has 1 N–H and O–H groups in total. The molecule has 1 heterocycles. The van der Waals surface area contributed by atoms with Gasteiger partial charge in [0.15, 0.2) is 0 Å². The van der Waals surface area contributed by atoms with Gasteiger partial charge < -0.3 is 15.0 Å². The van der Waals surface area contributed by atoms with E-state index < -0.39 is 5.41 Å². The van der Waals surface area contributed by atoms with Gasteiger partial charge in [-0.25, -0.2) is 0 Å². The zero-order valence-electron chi connectivity index (χ0n) is 16.9. The number of carbonyl (C=O) groups is 1. The van der Waals surface area contributed by atoms with Crippen LogP contribution < -0.4 is 10.2 Å². The Bertz CT molecular complexity index is 781. The van der Waals surface area contributed by atoms with Crippen LogP contribution >= 0.6 is 15.9 Å². The average Bonchev–Trinajstić information content (AvgIpc) is 2.70. The fraction of sp³-hybridized carbons (Fsp3) is 0.435. The monoisotopic (exact) mass is 444 g/mol. The number of benzene rings is 2. The Morgan fingerprint density at radius 2 is 1.71 bits per heavy atom. The molecular weight excluding hydrogens is 416 g/mol. The molecular formula is C23H29BrN2O2. The van der Waals surface area contributed by atoms with E-state index in [-0.39, 0.29) is 5.91 Å². The van der Waals surface area contributed by atoms with Gasteiger partial charge in [0.05, 0.1) is 5.41 Å². The van der Waals surface area contributed by atoms with Crippen molar-refractivity contribution in [3.63, 3.8) is 0 Å². The van der Waals surface area contributed by atoms with Crippen molar-refractivity contribution in [3.05, 3.63) is 58.6 Å². The number of nitrogens with one attached hydrogen (secondary N) is 1. The van der Waals surface area contributed by atoms with Crippen LogP contribution in [0, 0.1) is 0 Å². The van der Waals surface area contributed by atoms with Crippen LogP contribution in [0.1, 0.15) is 39.2 Å². The highest BCUT2D eigenvalue weighted by atomic mass is 79.9. The van der Waals surface area contributed by atoms with Gasteiger partial charge in [-0.05, 0) is 75.6 Å². The maximum Gasteiger partial charge on any atom is 0.235 e. The Kier molecular flexibility index (Phi) is 6.78. The average molecular weight is 445 g/mol. The minimum atomic E-state index is -0.551. The van der Waals surface area contributed by atoms with Crippen LogP contribution in [0.2, 0.25) is 0 Å². The van der Waals surface area contributed by atoms with E-state index in [1.54, 1.807) is 0 Å². The SMILES string of the molecule is CCN(c1ccc(NC(=O)C2(c3ccc(Br)cc3)CCOCC2)cc1)C(C)C. The number of ether oxygens (including phenoxy) is 1. The summed E-state index contributed by atoms with van der Waals surface area (Å²) in [5, 5.41) is 3.15. The second kappa shape index (κ2) is 9.10. The van der Waals surface area contributed by atoms with Crippen LogP contribution in [0.15, 0.2) is 53.0 Å². The molecule has 3 rings (SSSR count). The molecule has 1 aliphatic rings. The van der Waals surface area contributed by atoms with Gasteiger partial charge >= 0.3 is 0 Å².